The summed E-state index contributed by atoms with van der Waals surface area (Å²) in [5, 5.41) is 9.32. The van der Waals surface area contributed by atoms with Crippen molar-refractivity contribution in [2.75, 3.05) is 6.61 Å². The largest absolute Gasteiger partial charge is 0.488 e. The molecule has 0 spiro atoms. The Morgan fingerprint density at radius 3 is 2.59 bits per heavy atom. The van der Waals surface area contributed by atoms with Gasteiger partial charge in [-0.3, -0.25) is 0 Å². The van der Waals surface area contributed by atoms with E-state index in [4.69, 9.17) is 54.9 Å². The molecule has 2 rings (SSSR count). The van der Waals surface area contributed by atoms with Gasteiger partial charge in [0.05, 0.1) is 21.7 Å². The van der Waals surface area contributed by atoms with Gasteiger partial charge in [-0.1, -0.05) is 41.9 Å². The third-order valence-electron chi connectivity index (χ3n) is 3.19. The van der Waals surface area contributed by atoms with Crippen LogP contribution in [0.15, 0.2) is 55.1 Å². The lowest BCUT2D eigenvalue weighted by molar-refractivity contribution is -0.144. The summed E-state index contributed by atoms with van der Waals surface area (Å²) in [7, 11) is 0. The lowest BCUT2D eigenvalue weighted by Crippen LogP contribution is -2.36. The second-order valence-electron chi connectivity index (χ2n) is 5.05. The molecule has 0 radical (unpaired) electrons. The standard InChI is InChI=1S/C19H13Cl2NO4S/c1-2-18(27)26-19(23)17(25-16-6-4-3-5-13(16)20)11-24-15-8-7-12(10-22)9-14(15)21/h2-9,17H,1,11H2. The van der Waals surface area contributed by atoms with Gasteiger partial charge in [-0.2, -0.15) is 5.26 Å². The summed E-state index contributed by atoms with van der Waals surface area (Å²) in [4.78, 5) is 12.4. The Kier molecular flexibility index (Phi) is 7.62. The fourth-order valence-electron chi connectivity index (χ4n) is 1.90. The topological polar surface area (TPSA) is 68.5 Å². The van der Waals surface area contributed by atoms with E-state index in [-0.39, 0.29) is 28.2 Å². The molecule has 0 fully saturated rings. The minimum Gasteiger partial charge on any atom is -0.488 e. The maximum atomic E-state index is 12.4. The molecule has 0 aliphatic heterocycles. The van der Waals surface area contributed by atoms with Crippen LogP contribution in [0.3, 0.4) is 0 Å². The lowest BCUT2D eigenvalue weighted by atomic mass is 10.2. The van der Waals surface area contributed by atoms with Gasteiger partial charge in [0, 0.05) is 0 Å². The summed E-state index contributed by atoms with van der Waals surface area (Å²) in [6, 6.07) is 13.1. The Morgan fingerprint density at radius 2 is 1.96 bits per heavy atom. The van der Waals surface area contributed by atoms with Gasteiger partial charge >= 0.3 is 5.97 Å². The van der Waals surface area contributed by atoms with Crippen molar-refractivity contribution in [2.45, 2.75) is 6.10 Å². The van der Waals surface area contributed by atoms with Crippen LogP contribution in [-0.2, 0) is 9.53 Å². The molecule has 1 unspecified atom stereocenters. The Morgan fingerprint density at radius 1 is 1.22 bits per heavy atom. The average molecular weight is 422 g/mol. The van der Waals surface area contributed by atoms with E-state index in [9.17, 15) is 4.79 Å². The third-order valence-corrected chi connectivity index (χ3v) is 4.05. The summed E-state index contributed by atoms with van der Waals surface area (Å²) in [5.41, 5.74) is 0.381. The molecule has 138 valence electrons. The first kappa shape index (κ1) is 20.7. The van der Waals surface area contributed by atoms with E-state index >= 15 is 0 Å². The number of hydrogen-bond donors (Lipinski definition) is 0. The van der Waals surface area contributed by atoms with Crippen LogP contribution in [-0.4, -0.2) is 23.7 Å². The van der Waals surface area contributed by atoms with Crippen molar-refractivity contribution in [2.24, 2.45) is 0 Å². The molecule has 0 N–H and O–H groups in total. The zero-order valence-corrected chi connectivity index (χ0v) is 16.2. The van der Waals surface area contributed by atoms with Gasteiger partial charge in [0.15, 0.2) is 5.05 Å². The number of hydrogen-bond acceptors (Lipinski definition) is 6. The fourth-order valence-corrected chi connectivity index (χ4v) is 2.40. The number of nitrogens with zero attached hydrogens (tertiary/aromatic N) is 1. The maximum Gasteiger partial charge on any atom is 0.357 e. The van der Waals surface area contributed by atoms with Gasteiger partial charge in [0.25, 0.3) is 0 Å². The van der Waals surface area contributed by atoms with Crippen LogP contribution in [0.1, 0.15) is 5.56 Å². The fraction of sp³-hybridized carbons (Fsp3) is 0.105. The van der Waals surface area contributed by atoms with Crippen molar-refractivity contribution in [3.8, 4) is 17.6 Å². The number of para-hydroxylation sites is 1. The third kappa shape index (κ3) is 5.97. The SMILES string of the molecule is C=CC(=S)OC(=O)C(COc1ccc(C#N)cc1Cl)Oc1ccccc1Cl. The summed E-state index contributed by atoms with van der Waals surface area (Å²) >= 11 is 17.0. The number of carbonyl (C=O) groups excluding carboxylic acids is 1. The van der Waals surface area contributed by atoms with Crippen LogP contribution in [0.2, 0.25) is 10.0 Å². The molecule has 5 nitrogen and oxygen atoms in total. The van der Waals surface area contributed by atoms with Crippen molar-refractivity contribution < 1.29 is 19.0 Å². The first-order chi connectivity index (χ1) is 12.9. The first-order valence-electron chi connectivity index (χ1n) is 7.56. The minimum atomic E-state index is -1.17. The highest BCUT2D eigenvalue weighted by atomic mass is 35.5. The van der Waals surface area contributed by atoms with Crippen LogP contribution in [0.5, 0.6) is 11.5 Å². The molecule has 0 saturated heterocycles. The van der Waals surface area contributed by atoms with E-state index < -0.39 is 12.1 Å². The van der Waals surface area contributed by atoms with Crippen molar-refractivity contribution in [3.05, 3.63) is 70.7 Å². The molecule has 0 aliphatic carbocycles. The van der Waals surface area contributed by atoms with Crippen LogP contribution in [0, 0.1) is 11.3 Å². The molecule has 27 heavy (non-hydrogen) atoms. The Bertz CT molecular complexity index is 911. The van der Waals surface area contributed by atoms with E-state index in [0.717, 1.165) is 0 Å². The van der Waals surface area contributed by atoms with E-state index in [1.165, 1.54) is 24.3 Å². The molecule has 0 saturated carbocycles. The normalized spacial score (nSPS) is 11.0. The van der Waals surface area contributed by atoms with Crippen LogP contribution in [0.4, 0.5) is 0 Å². The molecule has 2 aromatic carbocycles. The Balaban J connectivity index is 2.17. The van der Waals surface area contributed by atoms with E-state index in [2.05, 4.69) is 6.58 Å². The van der Waals surface area contributed by atoms with Gasteiger partial charge in [-0.15, -0.1) is 0 Å². The van der Waals surface area contributed by atoms with Crippen LogP contribution >= 0.6 is 35.4 Å². The van der Waals surface area contributed by atoms with Gasteiger partial charge in [0.2, 0.25) is 6.10 Å². The molecule has 2 aromatic rings. The number of nitriles is 1. The Hall–Kier alpha value is -2.59. The summed E-state index contributed by atoms with van der Waals surface area (Å²) in [5.74, 6) is -0.215. The zero-order valence-electron chi connectivity index (χ0n) is 13.9. The predicted octanol–water partition coefficient (Wildman–Crippen LogP) is 4.75. The molecule has 0 aliphatic rings. The highest BCUT2D eigenvalue weighted by molar-refractivity contribution is 7.80. The highest BCUT2D eigenvalue weighted by Crippen LogP contribution is 2.27. The van der Waals surface area contributed by atoms with Gasteiger partial charge in [-0.05, 0) is 48.6 Å². The van der Waals surface area contributed by atoms with E-state index in [0.29, 0.717) is 10.6 Å². The van der Waals surface area contributed by atoms with Crippen molar-refractivity contribution in [3.63, 3.8) is 0 Å². The zero-order chi connectivity index (χ0) is 19.8. The second kappa shape index (κ2) is 9.93. The lowest BCUT2D eigenvalue weighted by Gasteiger charge is -2.19. The molecule has 0 heterocycles. The Labute approximate surface area is 171 Å². The molecule has 0 amide bonds. The summed E-state index contributed by atoms with van der Waals surface area (Å²) in [6.45, 7) is 3.21. The maximum absolute atomic E-state index is 12.4. The molecular formula is C19H13Cl2NO4S. The van der Waals surface area contributed by atoms with Crippen LogP contribution in [0.25, 0.3) is 0 Å². The monoisotopic (exact) mass is 421 g/mol. The number of carbonyl (C=O) groups is 1. The number of ether oxygens (including phenoxy) is 3. The van der Waals surface area contributed by atoms with E-state index in [1.807, 2.05) is 6.07 Å². The smallest absolute Gasteiger partial charge is 0.357 e. The number of rotatable bonds is 7. The van der Waals surface area contributed by atoms with Gasteiger partial charge in [0.1, 0.15) is 18.1 Å². The highest BCUT2D eigenvalue weighted by Gasteiger charge is 2.25. The van der Waals surface area contributed by atoms with Crippen molar-refractivity contribution >= 4 is 46.4 Å². The number of thiocarbonyl (C=S) groups is 1. The average Bonchev–Trinajstić information content (AvgIpc) is 2.66. The first-order valence-corrected chi connectivity index (χ1v) is 8.72. The molecule has 1 atom stereocenters. The van der Waals surface area contributed by atoms with Crippen molar-refractivity contribution in [1.82, 2.24) is 0 Å². The predicted molar refractivity (Wildman–Crippen MR) is 106 cm³/mol. The quantitative estimate of drug-likeness (QED) is 0.365. The molecular weight excluding hydrogens is 409 g/mol. The molecule has 0 bridgehead atoms. The van der Waals surface area contributed by atoms with Crippen molar-refractivity contribution in [1.29, 1.82) is 5.26 Å². The second-order valence-corrected chi connectivity index (χ2v) is 6.27. The minimum absolute atomic E-state index is 0.0934. The number of benzene rings is 2. The van der Waals surface area contributed by atoms with Gasteiger partial charge in [-0.25, -0.2) is 4.79 Å². The number of esters is 1. The van der Waals surface area contributed by atoms with Gasteiger partial charge < -0.3 is 14.2 Å². The number of halogens is 2. The summed E-state index contributed by atoms with van der Waals surface area (Å²) < 4.78 is 16.2. The summed E-state index contributed by atoms with van der Waals surface area (Å²) in [6.07, 6.45) is 0.0486. The van der Waals surface area contributed by atoms with E-state index in [1.54, 1.807) is 24.3 Å². The molecule has 0 aromatic heterocycles. The van der Waals surface area contributed by atoms with Crippen LogP contribution < -0.4 is 9.47 Å². The molecule has 8 heteroatoms.